The first-order valence-corrected chi connectivity index (χ1v) is 10.8. The van der Waals surface area contributed by atoms with Gasteiger partial charge in [0.2, 0.25) is 0 Å². The minimum atomic E-state index is 0.685. The number of aromatic amines is 1. The van der Waals surface area contributed by atoms with Crippen molar-refractivity contribution in [1.82, 2.24) is 15.0 Å². The third-order valence-corrected chi connectivity index (χ3v) is 5.33. The van der Waals surface area contributed by atoms with Gasteiger partial charge >= 0.3 is 0 Å². The van der Waals surface area contributed by atoms with Gasteiger partial charge in [-0.15, -0.1) is 0 Å². The second kappa shape index (κ2) is 9.35. The standard InChI is InChI=1S/C27H24N4O/c1-2-8-20(9-3-1)10-7-17-32-22-12-6-11-21(18-22)25-19-23-24(14-16-29-27(23)31-25)30-26-13-4-5-15-28-26/h1-6,8-9,11-16,18-19H,7,10,17H2,(H2,28,29,30,31). The summed E-state index contributed by atoms with van der Waals surface area (Å²) in [5.74, 6) is 1.67. The van der Waals surface area contributed by atoms with Gasteiger partial charge in [0.25, 0.3) is 0 Å². The Kier molecular flexibility index (Phi) is 5.79. The highest BCUT2D eigenvalue weighted by Crippen LogP contribution is 2.30. The van der Waals surface area contributed by atoms with Gasteiger partial charge in [0, 0.05) is 29.0 Å². The van der Waals surface area contributed by atoms with Crippen LogP contribution < -0.4 is 10.1 Å². The topological polar surface area (TPSA) is 62.8 Å². The molecule has 158 valence electrons. The molecule has 0 spiro atoms. The highest BCUT2D eigenvalue weighted by atomic mass is 16.5. The highest BCUT2D eigenvalue weighted by Gasteiger charge is 2.09. The molecule has 0 fully saturated rings. The van der Waals surface area contributed by atoms with Gasteiger partial charge in [-0.1, -0.05) is 48.5 Å². The monoisotopic (exact) mass is 420 g/mol. The zero-order valence-corrected chi connectivity index (χ0v) is 17.7. The Morgan fingerprint density at radius 1 is 0.812 bits per heavy atom. The first kappa shape index (κ1) is 19.8. The molecule has 5 aromatic rings. The molecule has 0 unspecified atom stereocenters. The molecule has 0 saturated heterocycles. The zero-order valence-electron chi connectivity index (χ0n) is 17.7. The summed E-state index contributed by atoms with van der Waals surface area (Å²) in [4.78, 5) is 12.3. The molecule has 5 rings (SSSR count). The maximum atomic E-state index is 6.02. The predicted octanol–water partition coefficient (Wildman–Crippen LogP) is 6.38. The van der Waals surface area contributed by atoms with Crippen LogP contribution in [0.25, 0.3) is 22.3 Å². The molecule has 0 radical (unpaired) electrons. The third kappa shape index (κ3) is 4.62. The molecule has 3 aromatic heterocycles. The van der Waals surface area contributed by atoms with E-state index in [1.165, 1.54) is 5.56 Å². The lowest BCUT2D eigenvalue weighted by Crippen LogP contribution is -1.99. The second-order valence-electron chi connectivity index (χ2n) is 7.61. The number of hydrogen-bond acceptors (Lipinski definition) is 4. The van der Waals surface area contributed by atoms with Crippen molar-refractivity contribution in [3.63, 3.8) is 0 Å². The van der Waals surface area contributed by atoms with E-state index in [4.69, 9.17) is 4.74 Å². The van der Waals surface area contributed by atoms with E-state index in [2.05, 4.69) is 62.7 Å². The number of benzene rings is 2. The van der Waals surface area contributed by atoms with Gasteiger partial charge in [-0.25, -0.2) is 9.97 Å². The Bertz CT molecular complexity index is 1300. The molecule has 0 aliphatic heterocycles. The van der Waals surface area contributed by atoms with E-state index in [1.54, 1.807) is 12.4 Å². The van der Waals surface area contributed by atoms with Gasteiger partial charge < -0.3 is 15.0 Å². The van der Waals surface area contributed by atoms with E-state index in [0.717, 1.165) is 52.4 Å². The summed E-state index contributed by atoms with van der Waals surface area (Å²) in [6.45, 7) is 0.685. The SMILES string of the molecule is c1ccc(CCCOc2cccc(-c3cc4c(Nc5ccccn5)ccnc4[nH]3)c2)cc1. The van der Waals surface area contributed by atoms with Gasteiger partial charge in [0.05, 0.1) is 12.3 Å². The quantitative estimate of drug-likeness (QED) is 0.286. The van der Waals surface area contributed by atoms with Gasteiger partial charge in [0.1, 0.15) is 17.2 Å². The maximum Gasteiger partial charge on any atom is 0.139 e. The van der Waals surface area contributed by atoms with Crippen LogP contribution in [0, 0.1) is 0 Å². The molecular weight excluding hydrogens is 396 g/mol. The number of aromatic nitrogens is 3. The average Bonchev–Trinajstić information content (AvgIpc) is 3.29. The number of fused-ring (bicyclic) bond motifs is 1. The fourth-order valence-electron chi connectivity index (χ4n) is 3.73. The number of hydrogen-bond donors (Lipinski definition) is 2. The summed E-state index contributed by atoms with van der Waals surface area (Å²) in [6, 6.07) is 28.5. The molecule has 0 aliphatic carbocycles. The highest BCUT2D eigenvalue weighted by molar-refractivity contribution is 5.94. The molecule has 3 heterocycles. The minimum Gasteiger partial charge on any atom is -0.494 e. The van der Waals surface area contributed by atoms with Crippen molar-refractivity contribution in [2.75, 3.05) is 11.9 Å². The smallest absolute Gasteiger partial charge is 0.139 e. The zero-order chi connectivity index (χ0) is 21.6. The van der Waals surface area contributed by atoms with Gasteiger partial charge in [-0.2, -0.15) is 0 Å². The molecule has 5 nitrogen and oxygen atoms in total. The van der Waals surface area contributed by atoms with Crippen molar-refractivity contribution in [2.24, 2.45) is 0 Å². The Labute approximate surface area is 187 Å². The number of H-pyrrole nitrogens is 1. The van der Waals surface area contributed by atoms with Crippen molar-refractivity contribution in [2.45, 2.75) is 12.8 Å². The van der Waals surface area contributed by atoms with Crippen LogP contribution in [0.5, 0.6) is 5.75 Å². The lowest BCUT2D eigenvalue weighted by molar-refractivity contribution is 0.311. The minimum absolute atomic E-state index is 0.685. The number of pyridine rings is 2. The van der Waals surface area contributed by atoms with Crippen molar-refractivity contribution < 1.29 is 4.74 Å². The largest absolute Gasteiger partial charge is 0.494 e. The fraction of sp³-hybridized carbons (Fsp3) is 0.111. The van der Waals surface area contributed by atoms with E-state index in [0.29, 0.717) is 6.61 Å². The second-order valence-corrected chi connectivity index (χ2v) is 7.61. The Morgan fingerprint density at radius 2 is 1.72 bits per heavy atom. The van der Waals surface area contributed by atoms with E-state index >= 15 is 0 Å². The lowest BCUT2D eigenvalue weighted by atomic mass is 10.1. The Balaban J connectivity index is 1.30. The lowest BCUT2D eigenvalue weighted by Gasteiger charge is -2.08. The predicted molar refractivity (Wildman–Crippen MR) is 129 cm³/mol. The summed E-state index contributed by atoms with van der Waals surface area (Å²) in [6.07, 6.45) is 5.56. The van der Waals surface area contributed by atoms with E-state index in [1.807, 2.05) is 42.5 Å². The molecule has 5 heteroatoms. The number of nitrogens with zero attached hydrogens (tertiary/aromatic N) is 2. The number of aryl methyl sites for hydroxylation is 1. The summed E-state index contributed by atoms with van der Waals surface area (Å²) < 4.78 is 6.02. The summed E-state index contributed by atoms with van der Waals surface area (Å²) >= 11 is 0. The third-order valence-electron chi connectivity index (χ3n) is 5.33. The van der Waals surface area contributed by atoms with Crippen LogP contribution in [0.2, 0.25) is 0 Å². The van der Waals surface area contributed by atoms with Crippen LogP contribution in [-0.2, 0) is 6.42 Å². The molecule has 0 atom stereocenters. The van der Waals surface area contributed by atoms with Crippen LogP contribution in [0.3, 0.4) is 0 Å². The van der Waals surface area contributed by atoms with Crippen molar-refractivity contribution in [3.05, 3.63) is 103 Å². The van der Waals surface area contributed by atoms with Crippen molar-refractivity contribution in [1.29, 1.82) is 0 Å². The number of nitrogens with one attached hydrogen (secondary N) is 2. The molecule has 0 bridgehead atoms. The summed E-state index contributed by atoms with van der Waals surface area (Å²) in [7, 11) is 0. The van der Waals surface area contributed by atoms with Crippen LogP contribution in [0.1, 0.15) is 12.0 Å². The molecule has 32 heavy (non-hydrogen) atoms. The van der Waals surface area contributed by atoms with Gasteiger partial charge in [-0.05, 0) is 54.8 Å². The van der Waals surface area contributed by atoms with Crippen LogP contribution >= 0.6 is 0 Å². The molecule has 2 aromatic carbocycles. The van der Waals surface area contributed by atoms with Gasteiger partial charge in [0.15, 0.2) is 0 Å². The molecule has 0 saturated carbocycles. The number of anilines is 2. The van der Waals surface area contributed by atoms with Crippen LogP contribution in [0.4, 0.5) is 11.5 Å². The molecule has 0 aliphatic rings. The molecular formula is C27H24N4O. The first-order valence-electron chi connectivity index (χ1n) is 10.8. The van der Waals surface area contributed by atoms with Gasteiger partial charge in [-0.3, -0.25) is 0 Å². The Morgan fingerprint density at radius 3 is 2.59 bits per heavy atom. The maximum absolute atomic E-state index is 6.02. The van der Waals surface area contributed by atoms with E-state index in [-0.39, 0.29) is 0 Å². The number of ether oxygens (including phenoxy) is 1. The first-order chi connectivity index (χ1) is 15.8. The van der Waals surface area contributed by atoms with E-state index < -0.39 is 0 Å². The molecule has 0 amide bonds. The normalized spacial score (nSPS) is 10.9. The fourth-order valence-corrected chi connectivity index (χ4v) is 3.73. The summed E-state index contributed by atoms with van der Waals surface area (Å²) in [5.41, 5.74) is 5.19. The van der Waals surface area contributed by atoms with Crippen molar-refractivity contribution >= 4 is 22.5 Å². The molecule has 2 N–H and O–H groups in total. The average molecular weight is 421 g/mol. The van der Waals surface area contributed by atoms with Crippen molar-refractivity contribution in [3.8, 4) is 17.0 Å². The van der Waals surface area contributed by atoms with E-state index in [9.17, 15) is 0 Å². The summed E-state index contributed by atoms with van der Waals surface area (Å²) in [5, 5.41) is 4.39. The Hall–Kier alpha value is -4.12. The van der Waals surface area contributed by atoms with Crippen LogP contribution in [-0.4, -0.2) is 21.6 Å². The van der Waals surface area contributed by atoms with Crippen LogP contribution in [0.15, 0.2) is 97.3 Å². The number of rotatable bonds is 8.